The quantitative estimate of drug-likeness (QED) is 0.166. The van der Waals surface area contributed by atoms with Crippen LogP contribution in [0.4, 0.5) is 17.1 Å². The Labute approximate surface area is 405 Å². The number of furan rings is 1. The first-order chi connectivity index (χ1) is 34.7. The highest BCUT2D eigenvalue weighted by molar-refractivity contribution is 6.15. The second-order valence-electron chi connectivity index (χ2n) is 18.8. The van der Waals surface area contributed by atoms with Crippen molar-refractivity contribution in [3.8, 4) is 50.2 Å². The van der Waals surface area contributed by atoms with Crippen molar-refractivity contribution in [2.24, 2.45) is 0 Å². The number of hydrogen-bond donors (Lipinski definition) is 0. The summed E-state index contributed by atoms with van der Waals surface area (Å²) in [4.78, 5) is 2.50. The Balaban J connectivity index is 1.01. The molecule has 2 aliphatic rings. The Hall–Kier alpha value is -9.18. The Morgan fingerprint density at radius 2 is 0.914 bits per heavy atom. The van der Waals surface area contributed by atoms with E-state index in [4.69, 9.17) is 4.42 Å². The van der Waals surface area contributed by atoms with Gasteiger partial charge in [0.2, 0.25) is 0 Å². The molecule has 1 spiro atoms. The molecule has 70 heavy (non-hydrogen) atoms. The summed E-state index contributed by atoms with van der Waals surface area (Å²) >= 11 is 0. The lowest BCUT2D eigenvalue weighted by atomic mass is 9.65. The fourth-order valence-electron chi connectivity index (χ4n) is 12.2. The van der Waals surface area contributed by atoms with Crippen LogP contribution in [0.15, 0.2) is 259 Å². The van der Waals surface area contributed by atoms with E-state index in [0.717, 1.165) is 61.3 Å². The number of para-hydroxylation sites is 4. The lowest BCUT2D eigenvalue weighted by molar-refractivity contribution is 0.669. The average Bonchev–Trinajstić information content (AvgIpc) is 4.08. The van der Waals surface area contributed by atoms with E-state index in [1.54, 1.807) is 0 Å². The van der Waals surface area contributed by atoms with E-state index in [1.165, 1.54) is 72.0 Å². The van der Waals surface area contributed by atoms with Crippen molar-refractivity contribution in [1.29, 1.82) is 0 Å². The van der Waals surface area contributed by atoms with Gasteiger partial charge >= 0.3 is 0 Å². The molecule has 1 aliphatic carbocycles. The first kappa shape index (κ1) is 38.9. The molecule has 1 aliphatic heterocycles. The summed E-state index contributed by atoms with van der Waals surface area (Å²) in [5, 5.41) is 4.71. The van der Waals surface area contributed by atoms with Crippen molar-refractivity contribution in [3.63, 3.8) is 0 Å². The molecular weight excluding hydrogens is 849 g/mol. The predicted molar refractivity (Wildman–Crippen MR) is 290 cm³/mol. The molecule has 3 heteroatoms. The Kier molecular flexibility index (Phi) is 8.28. The van der Waals surface area contributed by atoms with Gasteiger partial charge in [0, 0.05) is 38.5 Å². The van der Waals surface area contributed by atoms with Gasteiger partial charge in [-0.25, -0.2) is 0 Å². The molecule has 0 N–H and O–H groups in total. The maximum absolute atomic E-state index is 6.24. The summed E-state index contributed by atoms with van der Waals surface area (Å²) in [6.45, 7) is 0. The first-order valence-electron chi connectivity index (χ1n) is 24.2. The fourth-order valence-corrected chi connectivity index (χ4v) is 12.2. The predicted octanol–water partition coefficient (Wildman–Crippen LogP) is 17.8. The van der Waals surface area contributed by atoms with Crippen LogP contribution in [0.2, 0.25) is 0 Å². The van der Waals surface area contributed by atoms with Crippen molar-refractivity contribution >= 4 is 60.8 Å². The molecule has 0 saturated heterocycles. The standard InChI is InChI=1S/C67H42N2O/c1-2-17-43(18-3-1)45-19-16-20-47(39-45)50-21-6-12-29-61(50)68(48-36-33-44(34-37-48)46-35-38-65-55(40-46)54-25-8-15-32-64(54)70-65)49-41-56-53-24-7-13-30-62(53)69-63-31-14-11-28-59(63)67(60(42-49)66(56)69)57-26-9-4-22-51(57)52-23-5-10-27-58(52)67/h1-42H. The second kappa shape index (κ2) is 14.9. The molecule has 0 unspecified atom stereocenters. The molecule has 3 heterocycles. The van der Waals surface area contributed by atoms with E-state index >= 15 is 0 Å². The minimum Gasteiger partial charge on any atom is -0.456 e. The molecule has 0 saturated carbocycles. The number of rotatable bonds is 6. The van der Waals surface area contributed by atoms with Crippen LogP contribution in [-0.4, -0.2) is 4.57 Å². The van der Waals surface area contributed by atoms with Gasteiger partial charge < -0.3 is 13.9 Å². The van der Waals surface area contributed by atoms with Crippen LogP contribution in [0.25, 0.3) is 93.9 Å². The normalized spacial score (nSPS) is 13.0. The first-order valence-corrected chi connectivity index (χ1v) is 24.2. The largest absolute Gasteiger partial charge is 0.456 e. The van der Waals surface area contributed by atoms with Crippen LogP contribution < -0.4 is 4.90 Å². The molecular formula is C67H42N2O. The van der Waals surface area contributed by atoms with Gasteiger partial charge in [-0.2, -0.15) is 0 Å². The van der Waals surface area contributed by atoms with Gasteiger partial charge in [0.1, 0.15) is 11.2 Å². The van der Waals surface area contributed by atoms with E-state index < -0.39 is 5.41 Å². The van der Waals surface area contributed by atoms with Crippen LogP contribution in [0.5, 0.6) is 0 Å². The molecule has 3 nitrogen and oxygen atoms in total. The third-order valence-electron chi connectivity index (χ3n) is 15.2. The van der Waals surface area contributed by atoms with Gasteiger partial charge in [0.15, 0.2) is 0 Å². The van der Waals surface area contributed by atoms with Crippen molar-refractivity contribution in [2.75, 3.05) is 4.90 Å². The highest BCUT2D eigenvalue weighted by atomic mass is 16.3. The van der Waals surface area contributed by atoms with Gasteiger partial charge in [0.25, 0.3) is 0 Å². The van der Waals surface area contributed by atoms with Gasteiger partial charge in [-0.15, -0.1) is 0 Å². The Morgan fingerprint density at radius 3 is 1.73 bits per heavy atom. The van der Waals surface area contributed by atoms with E-state index in [2.05, 4.69) is 252 Å². The van der Waals surface area contributed by atoms with Crippen LogP contribution in [0.1, 0.15) is 22.3 Å². The number of anilines is 3. The maximum atomic E-state index is 6.24. The van der Waals surface area contributed by atoms with E-state index in [-0.39, 0.29) is 0 Å². The number of hydrogen-bond acceptors (Lipinski definition) is 2. The zero-order valence-corrected chi connectivity index (χ0v) is 38.1. The summed E-state index contributed by atoms with van der Waals surface area (Å²) in [5.74, 6) is 0. The zero-order chi connectivity index (χ0) is 45.9. The Morgan fingerprint density at radius 1 is 0.329 bits per heavy atom. The lowest BCUT2D eigenvalue weighted by Crippen LogP contribution is -2.33. The molecule has 0 amide bonds. The third kappa shape index (κ3) is 5.46. The molecule has 0 bridgehead atoms. The summed E-state index contributed by atoms with van der Waals surface area (Å²) in [5.41, 5.74) is 22.9. The topological polar surface area (TPSA) is 21.3 Å². The van der Waals surface area contributed by atoms with Gasteiger partial charge in [-0.3, -0.25) is 0 Å². The molecule has 0 fully saturated rings. The lowest BCUT2D eigenvalue weighted by Gasteiger charge is -2.40. The molecule has 15 rings (SSSR count). The number of aromatic nitrogens is 1. The van der Waals surface area contributed by atoms with Crippen molar-refractivity contribution in [2.45, 2.75) is 5.41 Å². The molecule has 2 aromatic heterocycles. The third-order valence-corrected chi connectivity index (χ3v) is 15.2. The Bertz CT molecular complexity index is 4200. The van der Waals surface area contributed by atoms with Crippen molar-refractivity contribution in [1.82, 2.24) is 4.57 Å². The van der Waals surface area contributed by atoms with E-state index in [0.29, 0.717) is 0 Å². The summed E-state index contributed by atoms with van der Waals surface area (Å²) in [6.07, 6.45) is 0. The van der Waals surface area contributed by atoms with Crippen LogP contribution in [0.3, 0.4) is 0 Å². The SMILES string of the molecule is c1ccc(-c2cccc(-c3ccccc3N(c3ccc(-c4ccc5oc6ccccc6c5c4)cc3)c3cc4c5c(c3)c3ccccc3n5-c3ccccc3C43c4ccccc4-c4ccccc43)c2)cc1. The number of nitrogens with zero attached hydrogens (tertiary/aromatic N) is 2. The number of benzene rings is 11. The zero-order valence-electron chi connectivity index (χ0n) is 38.1. The molecule has 326 valence electrons. The van der Waals surface area contributed by atoms with E-state index in [9.17, 15) is 0 Å². The fraction of sp³-hybridized carbons (Fsp3) is 0.0149. The molecule has 0 radical (unpaired) electrons. The van der Waals surface area contributed by atoms with Crippen LogP contribution in [0, 0.1) is 0 Å². The average molecular weight is 891 g/mol. The van der Waals surface area contributed by atoms with Crippen LogP contribution in [-0.2, 0) is 5.41 Å². The smallest absolute Gasteiger partial charge is 0.135 e. The summed E-state index contributed by atoms with van der Waals surface area (Å²) in [7, 11) is 0. The summed E-state index contributed by atoms with van der Waals surface area (Å²) < 4.78 is 8.78. The van der Waals surface area contributed by atoms with Crippen LogP contribution >= 0.6 is 0 Å². The minimum absolute atomic E-state index is 0.586. The van der Waals surface area contributed by atoms with Crippen molar-refractivity contribution in [3.05, 3.63) is 277 Å². The van der Waals surface area contributed by atoms with Gasteiger partial charge in [-0.1, -0.05) is 188 Å². The highest BCUT2D eigenvalue weighted by Crippen LogP contribution is 2.62. The molecule has 13 aromatic rings. The highest BCUT2D eigenvalue weighted by Gasteiger charge is 2.51. The van der Waals surface area contributed by atoms with Gasteiger partial charge in [0.05, 0.1) is 27.8 Å². The second-order valence-corrected chi connectivity index (χ2v) is 18.8. The summed E-state index contributed by atoms with van der Waals surface area (Å²) in [6, 6.07) is 93.9. The minimum atomic E-state index is -0.586. The van der Waals surface area contributed by atoms with Gasteiger partial charge in [-0.05, 0) is 128 Å². The van der Waals surface area contributed by atoms with Crippen molar-refractivity contribution < 1.29 is 4.42 Å². The maximum Gasteiger partial charge on any atom is 0.135 e. The van der Waals surface area contributed by atoms with E-state index in [1.807, 2.05) is 12.1 Å². The monoisotopic (exact) mass is 890 g/mol. The molecule has 11 aromatic carbocycles. The molecule has 0 atom stereocenters. The number of fused-ring (bicyclic) bond motifs is 15.